The lowest BCUT2D eigenvalue weighted by Crippen LogP contribution is -2.27. The van der Waals surface area contributed by atoms with Gasteiger partial charge in [0.15, 0.2) is 0 Å². The first-order valence-corrected chi connectivity index (χ1v) is 4.20. The molecule has 0 spiro atoms. The van der Waals surface area contributed by atoms with Crippen LogP contribution in [-0.4, -0.2) is 24.3 Å². The molecule has 0 aliphatic heterocycles. The van der Waals surface area contributed by atoms with E-state index in [2.05, 4.69) is 0 Å². The van der Waals surface area contributed by atoms with E-state index in [1.54, 1.807) is 19.3 Å². The lowest BCUT2D eigenvalue weighted by atomic mass is 10.0. The molecule has 1 aliphatic rings. The van der Waals surface area contributed by atoms with Crippen LogP contribution >= 0.6 is 0 Å². The van der Waals surface area contributed by atoms with E-state index in [0.29, 0.717) is 12.0 Å². The summed E-state index contributed by atoms with van der Waals surface area (Å²) in [6.45, 7) is 0. The van der Waals surface area contributed by atoms with E-state index in [4.69, 9.17) is 5.73 Å². The molecule has 2 amide bonds. The predicted molar refractivity (Wildman–Crippen MR) is 53.3 cm³/mol. The van der Waals surface area contributed by atoms with E-state index < -0.39 is 6.03 Å². The molecule has 0 aromatic heterocycles. The third-order valence-corrected chi connectivity index (χ3v) is 1.94. The number of primary amides is 1. The van der Waals surface area contributed by atoms with Crippen molar-refractivity contribution in [2.75, 3.05) is 7.05 Å². The zero-order chi connectivity index (χ0) is 10.6. The molecule has 0 bridgehead atoms. The van der Waals surface area contributed by atoms with Crippen LogP contribution in [0.4, 0.5) is 4.79 Å². The first-order valence-electron chi connectivity index (χ1n) is 4.20. The number of allylic oxidation sites excluding steroid dienone is 5. The molecule has 0 heterocycles. The molecule has 0 aromatic rings. The molecule has 0 fully saturated rings. The number of hydrogen-bond acceptors (Lipinski definition) is 2. The Hall–Kier alpha value is -1.84. The number of nitrogens with zero attached hydrogens (tertiary/aromatic N) is 1. The predicted octanol–water partition coefficient (Wildman–Crippen LogP) is 0.966. The van der Waals surface area contributed by atoms with Crippen molar-refractivity contribution in [2.24, 2.45) is 5.73 Å². The molecule has 0 unspecified atom stereocenters. The van der Waals surface area contributed by atoms with Crippen LogP contribution in [0.1, 0.15) is 6.42 Å². The normalized spacial score (nSPS) is 17.8. The van der Waals surface area contributed by atoms with E-state index >= 15 is 0 Å². The summed E-state index contributed by atoms with van der Waals surface area (Å²) in [5.74, 6) is 0. The van der Waals surface area contributed by atoms with Gasteiger partial charge in [0.05, 0.1) is 0 Å². The van der Waals surface area contributed by atoms with Gasteiger partial charge in [-0.3, -0.25) is 4.79 Å². The molecule has 14 heavy (non-hydrogen) atoms. The fourth-order valence-corrected chi connectivity index (χ4v) is 1.13. The van der Waals surface area contributed by atoms with Crippen molar-refractivity contribution in [3.63, 3.8) is 0 Å². The molecular formula is C10H12N2O2. The van der Waals surface area contributed by atoms with Gasteiger partial charge in [-0.2, -0.15) is 0 Å². The van der Waals surface area contributed by atoms with Gasteiger partial charge in [0.2, 0.25) is 0 Å². The molecule has 0 saturated heterocycles. The van der Waals surface area contributed by atoms with Crippen LogP contribution in [0.25, 0.3) is 0 Å². The van der Waals surface area contributed by atoms with E-state index in [-0.39, 0.29) is 0 Å². The number of aldehydes is 1. The van der Waals surface area contributed by atoms with Crippen LogP contribution in [0.15, 0.2) is 35.6 Å². The van der Waals surface area contributed by atoms with Crippen LogP contribution < -0.4 is 5.73 Å². The smallest absolute Gasteiger partial charge is 0.318 e. The Morgan fingerprint density at radius 1 is 1.64 bits per heavy atom. The Balaban J connectivity index is 2.87. The first-order chi connectivity index (χ1) is 6.65. The largest absolute Gasteiger partial charge is 0.351 e. The van der Waals surface area contributed by atoms with Crippen molar-refractivity contribution >= 4 is 12.3 Å². The second kappa shape index (κ2) is 4.41. The molecular weight excluding hydrogens is 180 g/mol. The minimum Gasteiger partial charge on any atom is -0.351 e. The monoisotopic (exact) mass is 192 g/mol. The average Bonchev–Trinajstić information content (AvgIpc) is 2.18. The van der Waals surface area contributed by atoms with Gasteiger partial charge in [-0.05, 0) is 12.0 Å². The van der Waals surface area contributed by atoms with Crippen LogP contribution in [0.5, 0.6) is 0 Å². The number of urea groups is 1. The maximum Gasteiger partial charge on any atom is 0.318 e. The molecule has 74 valence electrons. The quantitative estimate of drug-likeness (QED) is 0.662. The van der Waals surface area contributed by atoms with Crippen molar-refractivity contribution < 1.29 is 9.59 Å². The van der Waals surface area contributed by atoms with Gasteiger partial charge >= 0.3 is 6.03 Å². The second-order valence-corrected chi connectivity index (χ2v) is 2.98. The highest BCUT2D eigenvalue weighted by Gasteiger charge is 2.08. The standard InChI is InChI=1S/C10H12N2O2/c1-12(10(11)14)6-8-4-2-3-5-9(8)7-13/h2-3,5-7H,4H2,1H3,(H2,11,14). The summed E-state index contributed by atoms with van der Waals surface area (Å²) in [5, 5.41) is 0. The summed E-state index contributed by atoms with van der Waals surface area (Å²) >= 11 is 0. The van der Waals surface area contributed by atoms with Gasteiger partial charge in [0.25, 0.3) is 0 Å². The number of carbonyl (C=O) groups excluding carboxylic acids is 2. The molecule has 1 aliphatic carbocycles. The molecule has 4 nitrogen and oxygen atoms in total. The zero-order valence-corrected chi connectivity index (χ0v) is 7.93. The molecule has 0 saturated carbocycles. The average molecular weight is 192 g/mol. The lowest BCUT2D eigenvalue weighted by Gasteiger charge is -2.13. The molecule has 0 aromatic carbocycles. The second-order valence-electron chi connectivity index (χ2n) is 2.98. The fourth-order valence-electron chi connectivity index (χ4n) is 1.13. The zero-order valence-electron chi connectivity index (χ0n) is 7.93. The van der Waals surface area contributed by atoms with Gasteiger partial charge in [-0.1, -0.05) is 18.2 Å². The van der Waals surface area contributed by atoms with Crippen molar-refractivity contribution in [2.45, 2.75) is 6.42 Å². The Bertz CT molecular complexity index is 340. The van der Waals surface area contributed by atoms with Crippen molar-refractivity contribution in [1.82, 2.24) is 4.90 Å². The van der Waals surface area contributed by atoms with E-state index in [1.165, 1.54) is 4.90 Å². The van der Waals surface area contributed by atoms with Gasteiger partial charge < -0.3 is 10.6 Å². The lowest BCUT2D eigenvalue weighted by molar-refractivity contribution is -0.104. The Kier molecular flexibility index (Phi) is 3.23. The Morgan fingerprint density at radius 3 is 2.93 bits per heavy atom. The van der Waals surface area contributed by atoms with E-state index in [9.17, 15) is 9.59 Å². The minimum atomic E-state index is -0.544. The van der Waals surface area contributed by atoms with Gasteiger partial charge in [-0.25, -0.2) is 4.79 Å². The van der Waals surface area contributed by atoms with Gasteiger partial charge in [0, 0.05) is 18.8 Å². The third-order valence-electron chi connectivity index (χ3n) is 1.94. The molecule has 2 N–H and O–H groups in total. The number of hydrogen-bond donors (Lipinski definition) is 1. The molecule has 4 heteroatoms. The van der Waals surface area contributed by atoms with Crippen molar-refractivity contribution in [3.8, 4) is 0 Å². The third kappa shape index (κ3) is 2.32. The summed E-state index contributed by atoms with van der Waals surface area (Å²) in [5.41, 5.74) is 6.44. The summed E-state index contributed by atoms with van der Waals surface area (Å²) in [6.07, 6.45) is 8.41. The van der Waals surface area contributed by atoms with E-state index in [1.807, 2.05) is 12.2 Å². The Labute approximate surface area is 82.4 Å². The van der Waals surface area contributed by atoms with Crippen molar-refractivity contribution in [3.05, 3.63) is 35.6 Å². The number of amides is 2. The Morgan fingerprint density at radius 2 is 2.36 bits per heavy atom. The minimum absolute atomic E-state index is 0.544. The highest BCUT2D eigenvalue weighted by Crippen LogP contribution is 2.17. The van der Waals surface area contributed by atoms with E-state index in [0.717, 1.165) is 11.9 Å². The maximum atomic E-state index is 10.7. The van der Waals surface area contributed by atoms with Crippen LogP contribution in [0, 0.1) is 0 Å². The summed E-state index contributed by atoms with van der Waals surface area (Å²) in [6, 6.07) is -0.544. The summed E-state index contributed by atoms with van der Waals surface area (Å²) in [7, 11) is 1.55. The molecule has 0 atom stereocenters. The first kappa shape index (κ1) is 10.2. The topological polar surface area (TPSA) is 63.4 Å². The highest BCUT2D eigenvalue weighted by molar-refractivity contribution is 5.82. The molecule has 1 rings (SSSR count). The number of rotatable bonds is 2. The summed E-state index contributed by atoms with van der Waals surface area (Å²) < 4.78 is 0. The van der Waals surface area contributed by atoms with Crippen LogP contribution in [0.3, 0.4) is 0 Å². The number of nitrogens with two attached hydrogens (primary N) is 1. The fraction of sp³-hybridized carbons (Fsp3) is 0.200. The summed E-state index contributed by atoms with van der Waals surface area (Å²) in [4.78, 5) is 22.6. The van der Waals surface area contributed by atoms with Crippen molar-refractivity contribution in [1.29, 1.82) is 0 Å². The van der Waals surface area contributed by atoms with Crippen LogP contribution in [0.2, 0.25) is 0 Å². The van der Waals surface area contributed by atoms with Gasteiger partial charge in [-0.15, -0.1) is 0 Å². The maximum absolute atomic E-state index is 10.7. The molecule has 0 radical (unpaired) electrons. The van der Waals surface area contributed by atoms with Crippen LogP contribution in [-0.2, 0) is 4.79 Å². The SMILES string of the molecule is CN(C=C1CC=CC=C1C=O)C(N)=O. The van der Waals surface area contributed by atoms with Gasteiger partial charge in [0.1, 0.15) is 6.29 Å². The number of carbonyl (C=O) groups is 2. The highest BCUT2D eigenvalue weighted by atomic mass is 16.2.